The first kappa shape index (κ1) is 13.0. The van der Waals surface area contributed by atoms with Crippen LogP contribution >= 0.6 is 0 Å². The Hall–Kier alpha value is -2.04. The van der Waals surface area contributed by atoms with Crippen molar-refractivity contribution in [2.24, 2.45) is 5.92 Å². The molecule has 0 bridgehead atoms. The fourth-order valence-corrected chi connectivity index (χ4v) is 1.45. The molecule has 0 aliphatic carbocycles. The van der Waals surface area contributed by atoms with Gasteiger partial charge in [-0.2, -0.15) is 0 Å². The first-order chi connectivity index (χ1) is 8.11. The maximum absolute atomic E-state index is 10.6. The molecule has 0 aromatic heterocycles. The number of para-hydroxylation sites is 1. The Morgan fingerprint density at radius 2 is 1.71 bits per heavy atom. The zero-order valence-corrected chi connectivity index (χ0v) is 9.30. The van der Waals surface area contributed by atoms with Gasteiger partial charge in [0.25, 0.3) is 0 Å². The summed E-state index contributed by atoms with van der Waals surface area (Å²) in [6.07, 6.45) is 0.628. The molecule has 0 unspecified atom stereocenters. The molecule has 1 aromatic carbocycles. The fourth-order valence-electron chi connectivity index (χ4n) is 1.45. The average Bonchev–Trinajstić information content (AvgIpc) is 2.29. The second kappa shape index (κ2) is 6.52. The van der Waals surface area contributed by atoms with Crippen LogP contribution < -0.4 is 5.32 Å². The van der Waals surface area contributed by atoms with E-state index in [-0.39, 0.29) is 6.42 Å². The lowest BCUT2D eigenvalue weighted by molar-refractivity contribution is -0.154. The maximum Gasteiger partial charge on any atom is 0.317 e. The zero-order valence-electron chi connectivity index (χ0n) is 9.30. The van der Waals surface area contributed by atoms with Crippen LogP contribution in [-0.4, -0.2) is 28.7 Å². The van der Waals surface area contributed by atoms with Gasteiger partial charge in [0.1, 0.15) is 0 Å². The standard InChI is InChI=1S/C12H15NO4/c14-11(15)10(12(16)17)7-4-8-13-9-5-2-1-3-6-9/h1-3,5-6,10,13H,4,7-8H2,(H,14,15)(H,16,17). The predicted octanol–water partition coefficient (Wildman–Crippen LogP) is 1.66. The normalized spacial score (nSPS) is 10.2. The Kier molecular flexibility index (Phi) is 5.00. The highest BCUT2D eigenvalue weighted by Crippen LogP contribution is 2.09. The Labute approximate surface area is 99.1 Å². The van der Waals surface area contributed by atoms with Crippen molar-refractivity contribution in [1.82, 2.24) is 0 Å². The lowest BCUT2D eigenvalue weighted by atomic mass is 10.0. The summed E-state index contributed by atoms with van der Waals surface area (Å²) >= 11 is 0. The number of carboxylic acids is 2. The van der Waals surface area contributed by atoms with Crippen molar-refractivity contribution < 1.29 is 19.8 Å². The number of hydrogen-bond donors (Lipinski definition) is 3. The van der Waals surface area contributed by atoms with Crippen LogP contribution in [0.5, 0.6) is 0 Å². The average molecular weight is 237 g/mol. The molecule has 5 nitrogen and oxygen atoms in total. The van der Waals surface area contributed by atoms with Crippen molar-refractivity contribution >= 4 is 17.6 Å². The Bertz CT molecular complexity index is 363. The van der Waals surface area contributed by atoms with E-state index in [0.29, 0.717) is 13.0 Å². The molecule has 0 aliphatic heterocycles. The molecule has 3 N–H and O–H groups in total. The third-order valence-corrected chi connectivity index (χ3v) is 2.37. The summed E-state index contributed by atoms with van der Waals surface area (Å²) in [5.41, 5.74) is 0.940. The summed E-state index contributed by atoms with van der Waals surface area (Å²) < 4.78 is 0. The second-order valence-corrected chi connectivity index (χ2v) is 3.66. The summed E-state index contributed by atoms with van der Waals surface area (Å²) in [6, 6.07) is 9.47. The summed E-state index contributed by atoms with van der Waals surface area (Å²) in [6.45, 7) is 0.557. The van der Waals surface area contributed by atoms with E-state index in [1.807, 2.05) is 30.3 Å². The van der Waals surface area contributed by atoms with Gasteiger partial charge in [-0.05, 0) is 25.0 Å². The molecule has 0 saturated carbocycles. The maximum atomic E-state index is 10.6. The number of rotatable bonds is 7. The molecule has 0 atom stereocenters. The van der Waals surface area contributed by atoms with E-state index in [2.05, 4.69) is 5.32 Å². The van der Waals surface area contributed by atoms with Gasteiger partial charge in [-0.3, -0.25) is 9.59 Å². The van der Waals surface area contributed by atoms with E-state index in [4.69, 9.17) is 10.2 Å². The van der Waals surface area contributed by atoms with Crippen molar-refractivity contribution in [1.29, 1.82) is 0 Å². The molecule has 0 radical (unpaired) electrons. The number of nitrogens with one attached hydrogen (secondary N) is 1. The lowest BCUT2D eigenvalue weighted by Crippen LogP contribution is -2.23. The van der Waals surface area contributed by atoms with Gasteiger partial charge in [-0.25, -0.2) is 0 Å². The zero-order chi connectivity index (χ0) is 12.7. The van der Waals surface area contributed by atoms with E-state index in [0.717, 1.165) is 5.69 Å². The number of hydrogen-bond acceptors (Lipinski definition) is 3. The summed E-state index contributed by atoms with van der Waals surface area (Å²) in [7, 11) is 0. The SMILES string of the molecule is O=C(O)C(CCCNc1ccccc1)C(=O)O. The van der Waals surface area contributed by atoms with E-state index >= 15 is 0 Å². The Morgan fingerprint density at radius 3 is 2.24 bits per heavy atom. The van der Waals surface area contributed by atoms with Crippen LogP contribution in [0.4, 0.5) is 5.69 Å². The van der Waals surface area contributed by atoms with E-state index in [1.54, 1.807) is 0 Å². The van der Waals surface area contributed by atoms with E-state index in [9.17, 15) is 9.59 Å². The molecule has 1 aromatic rings. The number of benzene rings is 1. The molecule has 0 spiro atoms. The van der Waals surface area contributed by atoms with Gasteiger partial charge in [0.2, 0.25) is 0 Å². The highest BCUT2D eigenvalue weighted by atomic mass is 16.4. The predicted molar refractivity (Wildman–Crippen MR) is 62.9 cm³/mol. The first-order valence-electron chi connectivity index (χ1n) is 5.36. The Morgan fingerprint density at radius 1 is 1.12 bits per heavy atom. The van der Waals surface area contributed by atoms with Gasteiger partial charge in [-0.1, -0.05) is 18.2 Å². The van der Waals surface area contributed by atoms with Gasteiger partial charge >= 0.3 is 11.9 Å². The highest BCUT2D eigenvalue weighted by Gasteiger charge is 2.24. The van der Waals surface area contributed by atoms with Gasteiger partial charge < -0.3 is 15.5 Å². The third kappa shape index (κ3) is 4.55. The highest BCUT2D eigenvalue weighted by molar-refractivity contribution is 5.92. The van der Waals surface area contributed by atoms with Gasteiger partial charge in [0, 0.05) is 12.2 Å². The molecule has 0 heterocycles. The molecule has 5 heteroatoms. The number of carboxylic acid groups (broad SMARTS) is 2. The monoisotopic (exact) mass is 237 g/mol. The second-order valence-electron chi connectivity index (χ2n) is 3.66. The number of anilines is 1. The third-order valence-electron chi connectivity index (χ3n) is 2.37. The van der Waals surface area contributed by atoms with Crippen LogP contribution in [0.3, 0.4) is 0 Å². The van der Waals surface area contributed by atoms with Crippen LogP contribution in [0.25, 0.3) is 0 Å². The summed E-state index contributed by atoms with van der Waals surface area (Å²) in [5, 5.41) is 20.4. The van der Waals surface area contributed by atoms with Gasteiger partial charge in [0.05, 0.1) is 0 Å². The van der Waals surface area contributed by atoms with Crippen molar-refractivity contribution in [3.05, 3.63) is 30.3 Å². The van der Waals surface area contributed by atoms with E-state index < -0.39 is 17.9 Å². The molecule has 0 aliphatic rings. The smallest absolute Gasteiger partial charge is 0.317 e. The van der Waals surface area contributed by atoms with Gasteiger partial charge in [0.15, 0.2) is 5.92 Å². The molecule has 1 rings (SSSR count). The molecular weight excluding hydrogens is 222 g/mol. The van der Waals surface area contributed by atoms with Crippen molar-refractivity contribution in [2.75, 3.05) is 11.9 Å². The van der Waals surface area contributed by atoms with Crippen LogP contribution in [0, 0.1) is 5.92 Å². The van der Waals surface area contributed by atoms with Crippen molar-refractivity contribution in [3.63, 3.8) is 0 Å². The largest absolute Gasteiger partial charge is 0.481 e. The number of carbonyl (C=O) groups is 2. The van der Waals surface area contributed by atoms with Gasteiger partial charge in [-0.15, -0.1) is 0 Å². The summed E-state index contributed by atoms with van der Waals surface area (Å²) in [4.78, 5) is 21.2. The topological polar surface area (TPSA) is 86.6 Å². The number of aliphatic carboxylic acids is 2. The molecule has 0 amide bonds. The Balaban J connectivity index is 2.28. The first-order valence-corrected chi connectivity index (χ1v) is 5.36. The molecule has 0 fully saturated rings. The van der Waals surface area contributed by atoms with Crippen LogP contribution in [0.15, 0.2) is 30.3 Å². The van der Waals surface area contributed by atoms with Crippen LogP contribution in [0.1, 0.15) is 12.8 Å². The minimum absolute atomic E-state index is 0.129. The quantitative estimate of drug-likeness (QED) is 0.496. The van der Waals surface area contributed by atoms with Crippen molar-refractivity contribution in [2.45, 2.75) is 12.8 Å². The van der Waals surface area contributed by atoms with Crippen LogP contribution in [-0.2, 0) is 9.59 Å². The molecule has 17 heavy (non-hydrogen) atoms. The molecule has 92 valence electrons. The summed E-state index contributed by atoms with van der Waals surface area (Å²) in [5.74, 6) is -3.87. The van der Waals surface area contributed by atoms with Crippen LogP contribution in [0.2, 0.25) is 0 Å². The van der Waals surface area contributed by atoms with Crippen molar-refractivity contribution in [3.8, 4) is 0 Å². The minimum Gasteiger partial charge on any atom is -0.481 e. The molecular formula is C12H15NO4. The van der Waals surface area contributed by atoms with E-state index in [1.165, 1.54) is 0 Å². The lowest BCUT2D eigenvalue weighted by Gasteiger charge is -2.08. The minimum atomic E-state index is -1.31. The fraction of sp³-hybridized carbons (Fsp3) is 0.333. The molecule has 0 saturated heterocycles.